The molecule has 1 atom stereocenters. The Labute approximate surface area is 200 Å². The summed E-state index contributed by atoms with van der Waals surface area (Å²) < 4.78 is 3.47. The summed E-state index contributed by atoms with van der Waals surface area (Å²) in [5.74, 6) is 0. The van der Waals surface area contributed by atoms with Crippen LogP contribution in [0.25, 0.3) is 0 Å². The van der Waals surface area contributed by atoms with Crippen molar-refractivity contribution in [2.24, 2.45) is 0 Å². The maximum Gasteiger partial charge on any atom is 0.0922 e. The first-order valence-corrected chi connectivity index (χ1v) is 12.5. The first-order chi connectivity index (χ1) is 16.3. The van der Waals surface area contributed by atoms with Gasteiger partial charge in [0, 0.05) is 42.5 Å². The lowest BCUT2D eigenvalue weighted by Gasteiger charge is -2.36. The molecule has 1 aromatic heterocycles. The molecule has 0 radical (unpaired) electrons. The fourth-order valence-corrected chi connectivity index (χ4v) is 5.35. The summed E-state index contributed by atoms with van der Waals surface area (Å²) >= 11 is 1.69. The number of H-pyrrole nitrogens is 1. The molecular weight excluding hydrogens is 424 g/mol. The van der Waals surface area contributed by atoms with Crippen molar-refractivity contribution in [2.45, 2.75) is 49.8 Å². The van der Waals surface area contributed by atoms with Crippen molar-refractivity contribution >= 4 is 11.9 Å². The predicted octanol–water partition coefficient (Wildman–Crippen LogP) is 6.29. The Hall–Kier alpha value is -2.86. The molecular formula is C28H30N4S. The number of nitrogens with one attached hydrogen (secondary N) is 2. The number of hydrogen-bond acceptors (Lipinski definition) is 4. The highest BCUT2D eigenvalue weighted by Crippen LogP contribution is 2.36. The third-order valence-corrected chi connectivity index (χ3v) is 7.12. The number of aryl methyl sites for hydroxylation is 1. The topological polar surface area (TPSA) is 44.0 Å². The lowest BCUT2D eigenvalue weighted by atomic mass is 9.86. The molecule has 33 heavy (non-hydrogen) atoms. The second-order valence-corrected chi connectivity index (χ2v) is 9.61. The van der Waals surface area contributed by atoms with Gasteiger partial charge >= 0.3 is 0 Å². The normalized spacial score (nSPS) is 15.5. The van der Waals surface area contributed by atoms with Crippen LogP contribution in [0.3, 0.4) is 0 Å². The molecule has 2 N–H and O–H groups in total. The predicted molar refractivity (Wildman–Crippen MR) is 136 cm³/mol. The zero-order valence-corrected chi connectivity index (χ0v) is 19.6. The highest BCUT2D eigenvalue weighted by Gasteiger charge is 2.26. The summed E-state index contributed by atoms with van der Waals surface area (Å²) in [6.45, 7) is 2.64. The number of benzene rings is 3. The van der Waals surface area contributed by atoms with Crippen LogP contribution in [0.1, 0.15) is 46.8 Å². The van der Waals surface area contributed by atoms with Gasteiger partial charge in [-0.1, -0.05) is 66.7 Å². The number of hydrogen-bond donors (Lipinski definition) is 2. The zero-order valence-electron chi connectivity index (χ0n) is 18.8. The first kappa shape index (κ1) is 22.0. The Morgan fingerprint density at radius 1 is 0.909 bits per heavy atom. The number of aromatic amines is 1. The SMILES string of the molecule is c1ccc(CNSc2ccc(CN(Cc3cnc[nH]3)C3CCCc4ccccc43)cc2)cc1. The van der Waals surface area contributed by atoms with Gasteiger partial charge in [-0.2, -0.15) is 0 Å². The van der Waals surface area contributed by atoms with E-state index in [1.54, 1.807) is 18.3 Å². The molecule has 5 heteroatoms. The van der Waals surface area contributed by atoms with E-state index in [0.29, 0.717) is 6.04 Å². The van der Waals surface area contributed by atoms with E-state index < -0.39 is 0 Å². The minimum absolute atomic E-state index is 0.430. The minimum atomic E-state index is 0.430. The van der Waals surface area contributed by atoms with Gasteiger partial charge in [-0.3, -0.25) is 9.62 Å². The molecule has 0 aliphatic heterocycles. The quantitative estimate of drug-likeness (QED) is 0.292. The lowest BCUT2D eigenvalue weighted by molar-refractivity contribution is 0.159. The minimum Gasteiger partial charge on any atom is -0.347 e. The molecule has 1 heterocycles. The third kappa shape index (κ3) is 5.74. The standard InChI is InChI=1S/C28H30N4S/c1-2-7-22(8-3-1)17-31-33-26-15-13-23(14-16-26)19-32(20-25-18-29-21-30-25)28-12-6-10-24-9-4-5-11-27(24)28/h1-5,7-9,11,13-16,18,21,28,31H,6,10,12,17,19-20H2,(H,29,30). The van der Waals surface area contributed by atoms with Crippen LogP contribution in [-0.4, -0.2) is 14.9 Å². The molecule has 4 aromatic rings. The molecule has 0 spiro atoms. The van der Waals surface area contributed by atoms with Crippen molar-refractivity contribution in [1.82, 2.24) is 19.6 Å². The summed E-state index contributed by atoms with van der Waals surface area (Å²) in [6, 6.07) is 28.9. The van der Waals surface area contributed by atoms with Crippen LogP contribution in [-0.2, 0) is 26.1 Å². The largest absolute Gasteiger partial charge is 0.347 e. The van der Waals surface area contributed by atoms with Crippen molar-refractivity contribution in [3.63, 3.8) is 0 Å². The van der Waals surface area contributed by atoms with Crippen LogP contribution in [0.5, 0.6) is 0 Å². The van der Waals surface area contributed by atoms with Crippen LogP contribution < -0.4 is 4.72 Å². The lowest BCUT2D eigenvalue weighted by Crippen LogP contribution is -2.30. The Kier molecular flexibility index (Phi) is 7.21. The van der Waals surface area contributed by atoms with E-state index in [1.807, 2.05) is 6.20 Å². The molecule has 4 nitrogen and oxygen atoms in total. The number of aromatic nitrogens is 2. The second kappa shape index (κ2) is 10.8. The van der Waals surface area contributed by atoms with E-state index in [-0.39, 0.29) is 0 Å². The van der Waals surface area contributed by atoms with Crippen LogP contribution in [0.15, 0.2) is 96.3 Å². The molecule has 1 aliphatic carbocycles. The molecule has 0 saturated heterocycles. The van der Waals surface area contributed by atoms with E-state index in [4.69, 9.17) is 0 Å². The summed E-state index contributed by atoms with van der Waals surface area (Å²) in [5.41, 5.74) is 6.78. The Bertz CT molecular complexity index is 1130. The van der Waals surface area contributed by atoms with Gasteiger partial charge in [0.25, 0.3) is 0 Å². The fourth-order valence-electron chi connectivity index (χ4n) is 4.67. The van der Waals surface area contributed by atoms with Crippen LogP contribution in [0, 0.1) is 0 Å². The van der Waals surface area contributed by atoms with Gasteiger partial charge in [0.1, 0.15) is 0 Å². The third-order valence-electron chi connectivity index (χ3n) is 6.32. The average molecular weight is 455 g/mol. The Morgan fingerprint density at radius 2 is 1.73 bits per heavy atom. The molecule has 1 unspecified atom stereocenters. The van der Waals surface area contributed by atoms with Gasteiger partial charge in [-0.15, -0.1) is 0 Å². The van der Waals surface area contributed by atoms with Gasteiger partial charge in [0.2, 0.25) is 0 Å². The number of nitrogens with zero attached hydrogens (tertiary/aromatic N) is 2. The van der Waals surface area contributed by atoms with Crippen molar-refractivity contribution in [2.75, 3.05) is 0 Å². The Balaban J connectivity index is 1.27. The van der Waals surface area contributed by atoms with Gasteiger partial charge < -0.3 is 4.98 Å². The monoisotopic (exact) mass is 454 g/mol. The first-order valence-electron chi connectivity index (χ1n) is 11.7. The van der Waals surface area contributed by atoms with Crippen LogP contribution >= 0.6 is 11.9 Å². The number of imidazole rings is 1. The summed E-state index contributed by atoms with van der Waals surface area (Å²) in [5, 5.41) is 0. The van der Waals surface area contributed by atoms with Gasteiger partial charge in [-0.05, 0) is 65.6 Å². The van der Waals surface area contributed by atoms with E-state index >= 15 is 0 Å². The molecule has 5 rings (SSSR count). The zero-order chi connectivity index (χ0) is 22.3. The van der Waals surface area contributed by atoms with Crippen LogP contribution in [0.4, 0.5) is 0 Å². The van der Waals surface area contributed by atoms with E-state index in [1.165, 1.54) is 46.4 Å². The maximum absolute atomic E-state index is 4.24. The molecule has 0 bridgehead atoms. The van der Waals surface area contributed by atoms with Crippen molar-refractivity contribution in [1.29, 1.82) is 0 Å². The number of fused-ring (bicyclic) bond motifs is 1. The van der Waals surface area contributed by atoms with Crippen LogP contribution in [0.2, 0.25) is 0 Å². The van der Waals surface area contributed by atoms with Gasteiger partial charge in [-0.25, -0.2) is 4.98 Å². The van der Waals surface area contributed by atoms with Gasteiger partial charge in [0.15, 0.2) is 0 Å². The number of rotatable bonds is 9. The second-order valence-electron chi connectivity index (χ2n) is 8.64. The Morgan fingerprint density at radius 3 is 2.55 bits per heavy atom. The molecule has 0 fully saturated rings. The summed E-state index contributed by atoms with van der Waals surface area (Å²) in [7, 11) is 0. The smallest absolute Gasteiger partial charge is 0.0922 e. The fraction of sp³-hybridized carbons (Fsp3) is 0.250. The molecule has 0 amide bonds. The van der Waals surface area contributed by atoms with E-state index in [9.17, 15) is 0 Å². The van der Waals surface area contributed by atoms with Crippen molar-refractivity contribution in [3.8, 4) is 0 Å². The molecule has 0 saturated carbocycles. The highest BCUT2D eigenvalue weighted by molar-refractivity contribution is 7.97. The molecule has 1 aliphatic rings. The molecule has 3 aromatic carbocycles. The van der Waals surface area contributed by atoms with Crippen molar-refractivity contribution < 1.29 is 0 Å². The average Bonchev–Trinajstić information content (AvgIpc) is 3.38. The highest BCUT2D eigenvalue weighted by atomic mass is 32.2. The summed E-state index contributed by atoms with van der Waals surface area (Å²) in [6.07, 6.45) is 7.34. The summed E-state index contributed by atoms with van der Waals surface area (Å²) in [4.78, 5) is 11.4. The van der Waals surface area contributed by atoms with Gasteiger partial charge in [0.05, 0.1) is 6.33 Å². The molecule has 168 valence electrons. The van der Waals surface area contributed by atoms with E-state index in [2.05, 4.69) is 98.5 Å². The van der Waals surface area contributed by atoms with E-state index in [0.717, 1.165) is 25.3 Å². The van der Waals surface area contributed by atoms with Crippen molar-refractivity contribution in [3.05, 3.63) is 119 Å². The maximum atomic E-state index is 4.24.